The van der Waals surface area contributed by atoms with Gasteiger partial charge >= 0.3 is 11.7 Å². The quantitative estimate of drug-likeness (QED) is 0.220. The molecule has 0 saturated carbocycles. The molecule has 5 rings (SSSR count). The fourth-order valence-corrected chi connectivity index (χ4v) is 5.77. The van der Waals surface area contributed by atoms with Crippen molar-refractivity contribution in [3.8, 4) is 0 Å². The van der Waals surface area contributed by atoms with Crippen LogP contribution in [-0.2, 0) is 27.4 Å². The Morgan fingerprint density at radius 1 is 0.791 bits per heavy atom. The topological polar surface area (TPSA) is 103 Å². The molecule has 1 aliphatic rings. The molecule has 4 aromatic rings. The molecule has 0 aliphatic carbocycles. The minimum atomic E-state index is -1.09. The van der Waals surface area contributed by atoms with E-state index in [4.69, 9.17) is 14.6 Å². The first-order chi connectivity index (χ1) is 21.0. The summed E-state index contributed by atoms with van der Waals surface area (Å²) in [4.78, 5) is 39.5. The van der Waals surface area contributed by atoms with E-state index in [1.165, 1.54) is 0 Å². The maximum atomic E-state index is 13.3. The molecule has 0 bridgehead atoms. The highest BCUT2D eigenvalue weighted by Gasteiger charge is 2.24. The number of hydrogen-bond donors (Lipinski definition) is 1. The van der Waals surface area contributed by atoms with Gasteiger partial charge in [-0.05, 0) is 55.5 Å². The van der Waals surface area contributed by atoms with Gasteiger partial charge in [-0.15, -0.1) is 0 Å². The molecule has 2 heterocycles. The average Bonchev–Trinajstić information content (AvgIpc) is 3.04. The van der Waals surface area contributed by atoms with Crippen molar-refractivity contribution in [1.82, 2.24) is 14.0 Å². The van der Waals surface area contributed by atoms with Gasteiger partial charge in [0.2, 0.25) is 0 Å². The summed E-state index contributed by atoms with van der Waals surface area (Å²) in [5, 5.41) is 9.25. The Balaban J connectivity index is 1.15. The van der Waals surface area contributed by atoms with Gasteiger partial charge in [-0.25, -0.2) is 9.59 Å². The Labute approximate surface area is 250 Å². The van der Waals surface area contributed by atoms with E-state index in [-0.39, 0.29) is 30.9 Å². The highest BCUT2D eigenvalue weighted by atomic mass is 16.5. The van der Waals surface area contributed by atoms with Gasteiger partial charge in [0, 0.05) is 19.6 Å². The number of benzene rings is 3. The first kappa shape index (κ1) is 30.4. The van der Waals surface area contributed by atoms with Crippen LogP contribution in [0.2, 0.25) is 0 Å². The van der Waals surface area contributed by atoms with E-state index in [2.05, 4.69) is 53.4 Å². The molecule has 0 spiro atoms. The van der Waals surface area contributed by atoms with Crippen molar-refractivity contribution in [3.63, 3.8) is 0 Å². The SMILES string of the molecule is O=C(O)COCCn1c(=O)c2ccccc2n(CCCCN2CCC(OC(c3ccccc3)c3ccccc3)CC2)c1=O. The highest BCUT2D eigenvalue weighted by molar-refractivity contribution is 5.77. The third kappa shape index (κ3) is 7.87. The van der Waals surface area contributed by atoms with E-state index >= 15 is 0 Å². The predicted octanol–water partition coefficient (Wildman–Crippen LogP) is 4.32. The van der Waals surface area contributed by atoms with Crippen molar-refractivity contribution >= 4 is 16.9 Å². The molecule has 43 heavy (non-hydrogen) atoms. The van der Waals surface area contributed by atoms with Gasteiger partial charge in [-0.1, -0.05) is 72.8 Å². The number of aryl methyl sites for hydroxylation is 1. The van der Waals surface area contributed by atoms with Gasteiger partial charge in [-0.2, -0.15) is 0 Å². The second kappa shape index (κ2) is 14.9. The number of fused-ring (bicyclic) bond motifs is 1. The third-order valence-corrected chi connectivity index (χ3v) is 7.99. The highest BCUT2D eigenvalue weighted by Crippen LogP contribution is 2.30. The molecule has 0 unspecified atom stereocenters. The lowest BCUT2D eigenvalue weighted by molar-refractivity contribution is -0.142. The van der Waals surface area contributed by atoms with Crippen LogP contribution in [0.5, 0.6) is 0 Å². The van der Waals surface area contributed by atoms with Gasteiger partial charge < -0.3 is 19.5 Å². The maximum Gasteiger partial charge on any atom is 0.331 e. The number of aliphatic carboxylic acids is 1. The van der Waals surface area contributed by atoms with E-state index < -0.39 is 18.3 Å². The molecule has 1 fully saturated rings. The minimum absolute atomic E-state index is 0.00218. The number of carbonyl (C=O) groups is 1. The molecule has 1 aromatic heterocycles. The molecule has 1 aliphatic heterocycles. The van der Waals surface area contributed by atoms with Crippen molar-refractivity contribution in [3.05, 3.63) is 117 Å². The van der Waals surface area contributed by atoms with Gasteiger partial charge in [0.25, 0.3) is 5.56 Å². The number of carboxylic acids is 1. The van der Waals surface area contributed by atoms with Crippen molar-refractivity contribution in [2.24, 2.45) is 0 Å². The van der Waals surface area contributed by atoms with Crippen LogP contribution in [0.25, 0.3) is 10.9 Å². The molecular formula is C34H39N3O6. The maximum absolute atomic E-state index is 13.3. The summed E-state index contributed by atoms with van der Waals surface area (Å²) in [6, 6.07) is 27.9. The number of para-hydroxylation sites is 1. The van der Waals surface area contributed by atoms with Crippen molar-refractivity contribution in [2.45, 2.75) is 51.0 Å². The fraction of sp³-hybridized carbons (Fsp3) is 0.382. The molecule has 1 N–H and O–H groups in total. The Hall–Kier alpha value is -4.05. The smallest absolute Gasteiger partial charge is 0.331 e. The summed E-state index contributed by atoms with van der Waals surface area (Å²) in [7, 11) is 0. The van der Waals surface area contributed by atoms with Crippen LogP contribution in [0.15, 0.2) is 94.5 Å². The van der Waals surface area contributed by atoms with Gasteiger partial charge in [0.1, 0.15) is 12.7 Å². The van der Waals surface area contributed by atoms with E-state index in [9.17, 15) is 14.4 Å². The molecule has 0 radical (unpaired) electrons. The Morgan fingerprint density at radius 3 is 2.05 bits per heavy atom. The van der Waals surface area contributed by atoms with Gasteiger partial charge in [-0.3, -0.25) is 13.9 Å². The van der Waals surface area contributed by atoms with Crippen LogP contribution in [-0.4, -0.2) is 64.1 Å². The number of ether oxygens (including phenoxy) is 2. The Morgan fingerprint density at radius 2 is 1.40 bits per heavy atom. The van der Waals surface area contributed by atoms with Crippen molar-refractivity contribution in [2.75, 3.05) is 32.8 Å². The minimum Gasteiger partial charge on any atom is -0.480 e. The number of likely N-dealkylation sites (tertiary alicyclic amines) is 1. The summed E-state index contributed by atoms with van der Waals surface area (Å²) < 4.78 is 14.6. The summed E-state index contributed by atoms with van der Waals surface area (Å²) in [6.45, 7) is 2.85. The second-order valence-corrected chi connectivity index (χ2v) is 10.9. The molecule has 9 heteroatoms. The largest absolute Gasteiger partial charge is 0.480 e. The lowest BCUT2D eigenvalue weighted by Gasteiger charge is -2.34. The molecule has 226 valence electrons. The lowest BCUT2D eigenvalue weighted by Crippen LogP contribution is -2.41. The predicted molar refractivity (Wildman–Crippen MR) is 165 cm³/mol. The lowest BCUT2D eigenvalue weighted by atomic mass is 10.00. The fourth-order valence-electron chi connectivity index (χ4n) is 5.77. The number of nitrogens with zero attached hydrogens (tertiary/aromatic N) is 3. The second-order valence-electron chi connectivity index (χ2n) is 10.9. The van der Waals surface area contributed by atoms with E-state index in [1.807, 2.05) is 18.2 Å². The van der Waals surface area contributed by atoms with Gasteiger partial charge in [0.15, 0.2) is 0 Å². The van der Waals surface area contributed by atoms with E-state index in [0.717, 1.165) is 61.0 Å². The van der Waals surface area contributed by atoms with Gasteiger partial charge in [0.05, 0.1) is 30.2 Å². The summed E-state index contributed by atoms with van der Waals surface area (Å²) >= 11 is 0. The van der Waals surface area contributed by atoms with Crippen LogP contribution in [0.4, 0.5) is 0 Å². The number of unbranched alkanes of at least 4 members (excludes halogenated alkanes) is 1. The Kier molecular flexibility index (Phi) is 10.5. The average molecular weight is 586 g/mol. The zero-order chi connectivity index (χ0) is 30.0. The molecule has 1 saturated heterocycles. The third-order valence-electron chi connectivity index (χ3n) is 7.99. The number of aromatic nitrogens is 2. The monoisotopic (exact) mass is 585 g/mol. The zero-order valence-electron chi connectivity index (χ0n) is 24.3. The van der Waals surface area contributed by atoms with Crippen molar-refractivity contribution < 1.29 is 19.4 Å². The Bertz CT molecular complexity index is 1550. The zero-order valence-corrected chi connectivity index (χ0v) is 24.3. The number of hydrogen-bond acceptors (Lipinski definition) is 6. The van der Waals surface area contributed by atoms with E-state index in [0.29, 0.717) is 17.4 Å². The molecule has 9 nitrogen and oxygen atoms in total. The van der Waals surface area contributed by atoms with Crippen LogP contribution in [0.1, 0.15) is 42.9 Å². The summed E-state index contributed by atoms with van der Waals surface area (Å²) in [5.74, 6) is -1.09. The van der Waals surface area contributed by atoms with Crippen LogP contribution in [0.3, 0.4) is 0 Å². The number of piperidine rings is 1. The molecule has 0 amide bonds. The van der Waals surface area contributed by atoms with Crippen LogP contribution >= 0.6 is 0 Å². The van der Waals surface area contributed by atoms with Crippen LogP contribution in [0, 0.1) is 0 Å². The number of carboxylic acid groups (broad SMARTS) is 1. The normalized spacial score (nSPS) is 14.4. The number of rotatable bonds is 14. The first-order valence-corrected chi connectivity index (χ1v) is 15.0. The van der Waals surface area contributed by atoms with Crippen LogP contribution < -0.4 is 11.2 Å². The molecule has 3 aromatic carbocycles. The first-order valence-electron chi connectivity index (χ1n) is 15.0. The van der Waals surface area contributed by atoms with E-state index in [1.54, 1.807) is 22.8 Å². The molecular weight excluding hydrogens is 546 g/mol. The summed E-state index contributed by atoms with van der Waals surface area (Å²) in [6.07, 6.45) is 3.75. The molecule has 0 atom stereocenters. The standard InChI is InChI=1S/C34H39N3O6/c38-31(39)25-42-24-23-37-33(40)29-15-7-8-16-30(29)36(34(37)41)20-10-9-19-35-21-17-28(18-22-35)43-32(26-11-3-1-4-12-26)27-13-5-2-6-14-27/h1-8,11-16,28,32H,9-10,17-25H2,(H,38,39). The van der Waals surface area contributed by atoms with Crippen molar-refractivity contribution in [1.29, 1.82) is 0 Å². The summed E-state index contributed by atoms with van der Waals surface area (Å²) in [5.41, 5.74) is 2.16.